The summed E-state index contributed by atoms with van der Waals surface area (Å²) in [6.45, 7) is 3.95. The first kappa shape index (κ1) is 16.7. The number of hydrogen-bond donors (Lipinski definition) is 2. The van der Waals surface area contributed by atoms with Crippen molar-refractivity contribution in [3.05, 3.63) is 59.9 Å². The second-order valence-electron chi connectivity index (χ2n) is 5.58. The lowest BCUT2D eigenvalue weighted by Crippen LogP contribution is -2.36. The minimum absolute atomic E-state index is 0.236. The van der Waals surface area contributed by atoms with E-state index >= 15 is 0 Å². The number of thiocarbonyl (C=S) groups is 1. The highest BCUT2D eigenvalue weighted by molar-refractivity contribution is 7.80. The molecule has 0 unspecified atom stereocenters. The Balaban J connectivity index is 1.49. The second kappa shape index (κ2) is 8.08. The molecule has 24 heavy (non-hydrogen) atoms. The zero-order valence-corrected chi connectivity index (χ0v) is 14.1. The van der Waals surface area contributed by atoms with Gasteiger partial charge in [-0.05, 0) is 54.2 Å². The Kier molecular flexibility index (Phi) is 5.61. The average molecular weight is 345 g/mol. The summed E-state index contributed by atoms with van der Waals surface area (Å²) in [5, 5.41) is 6.81. The third-order valence-electron chi connectivity index (χ3n) is 3.87. The van der Waals surface area contributed by atoms with E-state index in [9.17, 15) is 4.39 Å². The van der Waals surface area contributed by atoms with Crippen molar-refractivity contribution in [2.75, 3.05) is 36.5 Å². The van der Waals surface area contributed by atoms with Gasteiger partial charge < -0.3 is 20.3 Å². The normalized spacial score (nSPS) is 14.3. The number of benzene rings is 2. The van der Waals surface area contributed by atoms with Gasteiger partial charge in [-0.15, -0.1) is 0 Å². The fraction of sp³-hybridized carbons (Fsp3) is 0.278. The molecule has 0 spiro atoms. The van der Waals surface area contributed by atoms with Crippen LogP contribution in [0.2, 0.25) is 0 Å². The van der Waals surface area contributed by atoms with Crippen LogP contribution in [-0.2, 0) is 11.3 Å². The molecule has 1 heterocycles. The molecule has 2 aromatic rings. The Labute approximate surface area is 146 Å². The van der Waals surface area contributed by atoms with Crippen LogP contribution < -0.4 is 15.5 Å². The smallest absolute Gasteiger partial charge is 0.171 e. The molecule has 6 heteroatoms. The van der Waals surface area contributed by atoms with Gasteiger partial charge in [0.1, 0.15) is 5.82 Å². The Morgan fingerprint density at radius 1 is 1.04 bits per heavy atom. The molecule has 2 N–H and O–H groups in total. The summed E-state index contributed by atoms with van der Waals surface area (Å²) in [5.41, 5.74) is 3.10. The van der Waals surface area contributed by atoms with E-state index < -0.39 is 0 Å². The standard InChI is InChI=1S/C18H20FN3OS/c19-15-3-1-14(2-4-15)13-20-18(24)21-16-5-7-17(8-6-16)22-9-11-23-12-10-22/h1-8H,9-13H2,(H2,20,21,24). The summed E-state index contributed by atoms with van der Waals surface area (Å²) in [7, 11) is 0. The summed E-state index contributed by atoms with van der Waals surface area (Å²) < 4.78 is 18.2. The fourth-order valence-electron chi connectivity index (χ4n) is 2.54. The van der Waals surface area contributed by atoms with Gasteiger partial charge in [-0.3, -0.25) is 0 Å². The van der Waals surface area contributed by atoms with Gasteiger partial charge in [0.05, 0.1) is 13.2 Å². The number of anilines is 2. The van der Waals surface area contributed by atoms with Crippen LogP contribution in [0.1, 0.15) is 5.56 Å². The second-order valence-corrected chi connectivity index (χ2v) is 5.99. The summed E-state index contributed by atoms with van der Waals surface area (Å²) in [4.78, 5) is 2.30. The van der Waals surface area contributed by atoms with E-state index in [1.54, 1.807) is 12.1 Å². The van der Waals surface area contributed by atoms with E-state index in [4.69, 9.17) is 17.0 Å². The number of morpholine rings is 1. The van der Waals surface area contributed by atoms with E-state index in [0.29, 0.717) is 11.7 Å². The van der Waals surface area contributed by atoms with Crippen molar-refractivity contribution < 1.29 is 9.13 Å². The van der Waals surface area contributed by atoms with Gasteiger partial charge in [-0.2, -0.15) is 0 Å². The Morgan fingerprint density at radius 3 is 2.38 bits per heavy atom. The van der Waals surface area contributed by atoms with E-state index in [-0.39, 0.29) is 5.82 Å². The quantitative estimate of drug-likeness (QED) is 0.833. The van der Waals surface area contributed by atoms with Crippen molar-refractivity contribution >= 4 is 28.7 Å². The number of halogens is 1. The lowest BCUT2D eigenvalue weighted by Gasteiger charge is -2.29. The first-order valence-corrected chi connectivity index (χ1v) is 8.33. The van der Waals surface area contributed by atoms with Gasteiger partial charge in [-0.1, -0.05) is 12.1 Å². The topological polar surface area (TPSA) is 36.5 Å². The van der Waals surface area contributed by atoms with Crippen molar-refractivity contribution in [2.45, 2.75) is 6.54 Å². The Hall–Kier alpha value is -2.18. The molecular formula is C18H20FN3OS. The summed E-state index contributed by atoms with van der Waals surface area (Å²) in [6.07, 6.45) is 0. The van der Waals surface area contributed by atoms with Crippen molar-refractivity contribution in [3.63, 3.8) is 0 Å². The fourth-order valence-corrected chi connectivity index (χ4v) is 2.73. The van der Waals surface area contributed by atoms with Crippen LogP contribution in [0.5, 0.6) is 0 Å². The maximum absolute atomic E-state index is 12.9. The first-order chi connectivity index (χ1) is 11.7. The van der Waals surface area contributed by atoms with Crippen LogP contribution in [0, 0.1) is 5.82 Å². The molecule has 2 aromatic carbocycles. The summed E-state index contributed by atoms with van der Waals surface area (Å²) in [6, 6.07) is 14.5. The molecule has 4 nitrogen and oxygen atoms in total. The van der Waals surface area contributed by atoms with Crippen LogP contribution in [0.15, 0.2) is 48.5 Å². The van der Waals surface area contributed by atoms with Crippen LogP contribution in [0.3, 0.4) is 0 Å². The van der Waals surface area contributed by atoms with E-state index in [1.165, 1.54) is 17.8 Å². The third-order valence-corrected chi connectivity index (χ3v) is 4.11. The van der Waals surface area contributed by atoms with Crippen molar-refractivity contribution in [1.82, 2.24) is 5.32 Å². The van der Waals surface area contributed by atoms with E-state index in [0.717, 1.165) is 37.6 Å². The predicted molar refractivity (Wildman–Crippen MR) is 98.9 cm³/mol. The predicted octanol–water partition coefficient (Wildman–Crippen LogP) is 3.15. The summed E-state index contributed by atoms with van der Waals surface area (Å²) >= 11 is 5.30. The first-order valence-electron chi connectivity index (χ1n) is 7.93. The number of ether oxygens (including phenoxy) is 1. The van der Waals surface area contributed by atoms with Crippen molar-refractivity contribution in [1.29, 1.82) is 0 Å². The minimum atomic E-state index is -0.236. The molecule has 1 saturated heterocycles. The van der Waals surface area contributed by atoms with E-state index in [2.05, 4.69) is 27.7 Å². The SMILES string of the molecule is Fc1ccc(CNC(=S)Nc2ccc(N3CCOCC3)cc2)cc1. The number of rotatable bonds is 4. The van der Waals surface area contributed by atoms with Gasteiger partial charge in [-0.25, -0.2) is 4.39 Å². The molecule has 3 rings (SSSR count). The molecule has 0 aromatic heterocycles. The lowest BCUT2D eigenvalue weighted by atomic mass is 10.2. The third kappa shape index (κ3) is 4.66. The number of hydrogen-bond acceptors (Lipinski definition) is 3. The highest BCUT2D eigenvalue weighted by Crippen LogP contribution is 2.19. The molecule has 0 amide bonds. The monoisotopic (exact) mass is 345 g/mol. The Morgan fingerprint density at radius 2 is 1.71 bits per heavy atom. The minimum Gasteiger partial charge on any atom is -0.378 e. The highest BCUT2D eigenvalue weighted by atomic mass is 32.1. The average Bonchev–Trinajstić information content (AvgIpc) is 2.63. The van der Waals surface area contributed by atoms with Crippen LogP contribution in [0.4, 0.5) is 15.8 Å². The molecule has 0 aliphatic carbocycles. The highest BCUT2D eigenvalue weighted by Gasteiger charge is 2.10. The van der Waals surface area contributed by atoms with Crippen molar-refractivity contribution in [3.8, 4) is 0 Å². The molecule has 1 fully saturated rings. The van der Waals surface area contributed by atoms with Crippen LogP contribution >= 0.6 is 12.2 Å². The summed E-state index contributed by atoms with van der Waals surface area (Å²) in [5.74, 6) is -0.236. The molecule has 0 atom stereocenters. The number of nitrogens with one attached hydrogen (secondary N) is 2. The molecule has 0 saturated carbocycles. The molecule has 1 aliphatic heterocycles. The largest absolute Gasteiger partial charge is 0.378 e. The van der Waals surface area contributed by atoms with E-state index in [1.807, 2.05) is 12.1 Å². The molecule has 126 valence electrons. The lowest BCUT2D eigenvalue weighted by molar-refractivity contribution is 0.122. The Bertz CT molecular complexity index is 670. The van der Waals surface area contributed by atoms with Crippen LogP contribution in [-0.4, -0.2) is 31.4 Å². The van der Waals surface area contributed by atoms with Gasteiger partial charge >= 0.3 is 0 Å². The number of nitrogens with zero attached hydrogens (tertiary/aromatic N) is 1. The molecule has 0 radical (unpaired) electrons. The van der Waals surface area contributed by atoms with Gasteiger partial charge in [0.15, 0.2) is 5.11 Å². The molecular weight excluding hydrogens is 325 g/mol. The maximum atomic E-state index is 12.9. The zero-order valence-electron chi connectivity index (χ0n) is 13.3. The zero-order chi connectivity index (χ0) is 16.8. The van der Waals surface area contributed by atoms with Gasteiger partial charge in [0, 0.05) is 31.0 Å². The maximum Gasteiger partial charge on any atom is 0.171 e. The van der Waals surface area contributed by atoms with Gasteiger partial charge in [0.25, 0.3) is 0 Å². The van der Waals surface area contributed by atoms with Crippen molar-refractivity contribution in [2.24, 2.45) is 0 Å². The van der Waals surface area contributed by atoms with Gasteiger partial charge in [0.2, 0.25) is 0 Å². The molecule has 1 aliphatic rings. The molecule has 0 bridgehead atoms. The van der Waals surface area contributed by atoms with Crippen LogP contribution in [0.25, 0.3) is 0 Å².